The van der Waals surface area contributed by atoms with Crippen molar-refractivity contribution in [3.63, 3.8) is 0 Å². The average Bonchev–Trinajstić information content (AvgIpc) is 3.45. The second kappa shape index (κ2) is 8.85. The van der Waals surface area contributed by atoms with Crippen molar-refractivity contribution in [2.24, 2.45) is 0 Å². The lowest BCUT2D eigenvalue weighted by atomic mass is 10.1. The molecular weight excluding hydrogens is 447 g/mol. The maximum Gasteiger partial charge on any atom is 0.166 e. The first-order chi connectivity index (χ1) is 15.7. The van der Waals surface area contributed by atoms with E-state index in [4.69, 9.17) is 10.5 Å². The van der Waals surface area contributed by atoms with Crippen molar-refractivity contribution < 1.29 is 19.3 Å². The molecule has 0 radical (unpaired) electrons. The molecule has 0 amide bonds. The molecule has 1 aliphatic rings. The van der Waals surface area contributed by atoms with Crippen LogP contribution in [-0.4, -0.2) is 26.8 Å². The fraction of sp³-hybridized carbons (Fsp3) is 0.273. The Hall–Kier alpha value is -3.41. The Morgan fingerprint density at radius 3 is 2.73 bits per heavy atom. The highest BCUT2D eigenvalue weighted by Gasteiger charge is 2.28. The summed E-state index contributed by atoms with van der Waals surface area (Å²) in [4.78, 5) is 9.42. The summed E-state index contributed by atoms with van der Waals surface area (Å²) in [5.74, 6) is 0.131. The molecule has 4 rings (SSSR count). The number of thiazole rings is 1. The van der Waals surface area contributed by atoms with Crippen LogP contribution in [0.5, 0.6) is 5.75 Å². The highest BCUT2D eigenvalue weighted by molar-refractivity contribution is 7.15. The number of aryl methyl sites for hydroxylation is 1. The van der Waals surface area contributed by atoms with Crippen LogP contribution in [0.4, 0.5) is 15.9 Å². The molecule has 1 aliphatic heterocycles. The quantitative estimate of drug-likeness (QED) is 0.352. The van der Waals surface area contributed by atoms with Gasteiger partial charge in [0.1, 0.15) is 22.5 Å². The molecule has 2 unspecified atom stereocenters. The van der Waals surface area contributed by atoms with E-state index in [1.54, 1.807) is 42.8 Å². The highest BCUT2D eigenvalue weighted by Crippen LogP contribution is 2.38. The number of nitrogens with one attached hydrogen (secondary N) is 2. The van der Waals surface area contributed by atoms with Gasteiger partial charge in [0.15, 0.2) is 11.6 Å². The van der Waals surface area contributed by atoms with Crippen LogP contribution in [0, 0.1) is 12.7 Å². The molecule has 3 heterocycles. The predicted molar refractivity (Wildman–Crippen MR) is 124 cm³/mol. The number of aliphatic hydroxyl groups is 2. The number of nitrogens with two attached hydrogens (primary N) is 1. The number of anilines is 2. The highest BCUT2D eigenvalue weighted by atomic mass is 32.1. The maximum absolute atomic E-state index is 14.1. The fourth-order valence-corrected chi connectivity index (χ4v) is 4.43. The van der Waals surface area contributed by atoms with E-state index in [1.807, 2.05) is 6.92 Å². The summed E-state index contributed by atoms with van der Waals surface area (Å²) < 4.78 is 20.2. The van der Waals surface area contributed by atoms with E-state index in [0.717, 1.165) is 4.88 Å². The SMILES string of the molecule is Cc1nc(C(C)(O)CO)sc1-c1cnc(N)c(OC(C)c2cc(F)ccc2N2NC=CN2)c1. The number of aliphatic hydroxyl groups excluding tert-OH is 1. The lowest BCUT2D eigenvalue weighted by Gasteiger charge is -2.25. The molecule has 174 valence electrons. The number of ether oxygens (including phenoxy) is 1. The molecule has 6 N–H and O–H groups in total. The number of hydrogen-bond donors (Lipinski definition) is 5. The minimum Gasteiger partial charge on any atom is -0.482 e. The van der Waals surface area contributed by atoms with Gasteiger partial charge in [-0.25, -0.2) is 14.4 Å². The summed E-state index contributed by atoms with van der Waals surface area (Å²) >= 11 is 1.26. The second-order valence-corrected chi connectivity index (χ2v) is 8.86. The van der Waals surface area contributed by atoms with Crippen molar-refractivity contribution >= 4 is 22.8 Å². The Bertz CT molecular complexity index is 1190. The molecule has 0 bridgehead atoms. The van der Waals surface area contributed by atoms with Gasteiger partial charge in [0.25, 0.3) is 0 Å². The number of hydrazine groups is 2. The number of pyridine rings is 1. The summed E-state index contributed by atoms with van der Waals surface area (Å²) in [6.07, 6.45) is 4.46. The standard InChI is InChI=1S/C22H25FN6O3S/c1-12-19(33-21(28-12)22(3,31)11-30)14-8-18(20(24)25-10-14)32-13(2)16-9-15(23)4-5-17(16)29-26-6-7-27-29/h4-10,13,26-27,30-31H,11H2,1-3H3,(H2,24,25). The van der Waals surface area contributed by atoms with Crippen molar-refractivity contribution in [1.82, 2.24) is 20.8 Å². The van der Waals surface area contributed by atoms with Crippen LogP contribution in [-0.2, 0) is 5.60 Å². The summed E-state index contributed by atoms with van der Waals surface area (Å²) in [6.45, 7) is 4.66. The van der Waals surface area contributed by atoms with E-state index in [0.29, 0.717) is 33.3 Å². The fourth-order valence-electron chi connectivity index (χ4n) is 3.34. The van der Waals surface area contributed by atoms with Crippen LogP contribution >= 0.6 is 11.3 Å². The molecule has 0 fully saturated rings. The van der Waals surface area contributed by atoms with Gasteiger partial charge in [0, 0.05) is 29.7 Å². The van der Waals surface area contributed by atoms with Gasteiger partial charge in [-0.2, -0.15) is 5.12 Å². The summed E-state index contributed by atoms with van der Waals surface area (Å²) in [6, 6.07) is 6.16. The molecule has 0 aliphatic carbocycles. The van der Waals surface area contributed by atoms with Gasteiger partial charge in [-0.05, 0) is 45.0 Å². The monoisotopic (exact) mass is 472 g/mol. The molecule has 33 heavy (non-hydrogen) atoms. The zero-order valence-corrected chi connectivity index (χ0v) is 19.2. The molecule has 9 nitrogen and oxygen atoms in total. The average molecular weight is 473 g/mol. The van der Waals surface area contributed by atoms with Crippen molar-refractivity contribution in [3.8, 4) is 16.2 Å². The van der Waals surface area contributed by atoms with Gasteiger partial charge in [0.2, 0.25) is 0 Å². The summed E-state index contributed by atoms with van der Waals surface area (Å²) in [5, 5.41) is 21.8. The summed E-state index contributed by atoms with van der Waals surface area (Å²) in [7, 11) is 0. The van der Waals surface area contributed by atoms with E-state index < -0.39 is 18.3 Å². The van der Waals surface area contributed by atoms with Crippen LogP contribution in [0.3, 0.4) is 0 Å². The minimum atomic E-state index is -1.44. The van der Waals surface area contributed by atoms with Crippen molar-refractivity contribution in [2.75, 3.05) is 17.5 Å². The van der Waals surface area contributed by atoms with Crippen molar-refractivity contribution in [1.29, 1.82) is 0 Å². The number of nitrogens with zero attached hydrogens (tertiary/aromatic N) is 3. The molecule has 2 atom stereocenters. The molecular formula is C22H25FN6O3S. The van der Waals surface area contributed by atoms with Crippen LogP contribution in [0.15, 0.2) is 42.9 Å². The van der Waals surface area contributed by atoms with Crippen molar-refractivity contribution in [3.05, 3.63) is 64.9 Å². The number of benzene rings is 1. The third-order valence-electron chi connectivity index (χ3n) is 5.17. The molecule has 0 spiro atoms. The summed E-state index contributed by atoms with van der Waals surface area (Å²) in [5.41, 5.74) is 13.3. The zero-order chi connectivity index (χ0) is 23.8. The zero-order valence-electron chi connectivity index (χ0n) is 18.3. The van der Waals surface area contributed by atoms with E-state index in [1.165, 1.54) is 30.4 Å². The Morgan fingerprint density at radius 2 is 2.03 bits per heavy atom. The number of rotatable bonds is 7. The molecule has 1 aromatic carbocycles. The third-order valence-corrected chi connectivity index (χ3v) is 6.63. The van der Waals surface area contributed by atoms with E-state index in [9.17, 15) is 14.6 Å². The van der Waals surface area contributed by atoms with Gasteiger partial charge < -0.3 is 20.7 Å². The lowest BCUT2D eigenvalue weighted by Crippen LogP contribution is -2.38. The minimum absolute atomic E-state index is 0.187. The molecule has 3 aromatic rings. The van der Waals surface area contributed by atoms with Gasteiger partial charge in [-0.1, -0.05) is 0 Å². The van der Waals surface area contributed by atoms with Gasteiger partial charge in [0.05, 0.1) is 22.9 Å². The normalized spacial score (nSPS) is 15.6. The largest absolute Gasteiger partial charge is 0.482 e. The molecule has 2 aromatic heterocycles. The van der Waals surface area contributed by atoms with Crippen LogP contribution in [0.25, 0.3) is 10.4 Å². The molecule has 0 saturated carbocycles. The Morgan fingerprint density at radius 1 is 1.30 bits per heavy atom. The van der Waals surface area contributed by atoms with Crippen LogP contribution in [0.1, 0.15) is 36.2 Å². The third kappa shape index (κ3) is 4.56. The predicted octanol–water partition coefficient (Wildman–Crippen LogP) is 2.88. The first kappa shape index (κ1) is 22.8. The molecule has 0 saturated heterocycles. The number of halogens is 1. The van der Waals surface area contributed by atoms with Crippen LogP contribution in [0.2, 0.25) is 0 Å². The smallest absolute Gasteiger partial charge is 0.166 e. The van der Waals surface area contributed by atoms with Gasteiger partial charge in [-0.3, -0.25) is 10.9 Å². The number of hydrogen-bond acceptors (Lipinski definition) is 10. The lowest BCUT2D eigenvalue weighted by molar-refractivity contribution is -0.00251. The number of nitrogen functional groups attached to an aromatic ring is 1. The van der Waals surface area contributed by atoms with E-state index in [2.05, 4.69) is 20.8 Å². The number of aromatic nitrogens is 2. The maximum atomic E-state index is 14.1. The van der Waals surface area contributed by atoms with E-state index in [-0.39, 0.29) is 11.6 Å². The first-order valence-corrected chi connectivity index (χ1v) is 11.0. The molecule has 11 heteroatoms. The van der Waals surface area contributed by atoms with Crippen molar-refractivity contribution in [2.45, 2.75) is 32.5 Å². The van der Waals surface area contributed by atoms with Gasteiger partial charge >= 0.3 is 0 Å². The topological polar surface area (TPSA) is 129 Å². The Labute approximate surface area is 194 Å². The van der Waals surface area contributed by atoms with Crippen LogP contribution < -0.4 is 26.4 Å². The van der Waals surface area contributed by atoms with Gasteiger partial charge in [-0.15, -0.1) is 11.3 Å². The van der Waals surface area contributed by atoms with E-state index >= 15 is 0 Å². The second-order valence-electron chi connectivity index (χ2n) is 7.86. The first-order valence-electron chi connectivity index (χ1n) is 10.2. The Kier molecular flexibility index (Phi) is 6.11. The Balaban J connectivity index is 1.65.